The Morgan fingerprint density at radius 1 is 1.50 bits per heavy atom. The lowest BCUT2D eigenvalue weighted by Crippen LogP contribution is -2.48. The van der Waals surface area contributed by atoms with Gasteiger partial charge < -0.3 is 10.6 Å². The van der Waals surface area contributed by atoms with Gasteiger partial charge in [0.25, 0.3) is 0 Å². The molecule has 1 heterocycles. The Kier molecular flexibility index (Phi) is 4.90. The first-order valence-electron chi connectivity index (χ1n) is 4.63. The predicted octanol–water partition coefficient (Wildman–Crippen LogP) is 0.838. The van der Waals surface area contributed by atoms with E-state index in [0.717, 1.165) is 13.0 Å². The summed E-state index contributed by atoms with van der Waals surface area (Å²) in [5.41, 5.74) is 5.68. The number of nitrogens with two attached hydrogens (primary N) is 1. The maximum Gasteiger partial charge on any atom is 0.226 e. The normalized spacial score (nSPS) is 29.4. The molecule has 0 saturated carbocycles. The first-order valence-corrected chi connectivity index (χ1v) is 4.63. The average Bonchev–Trinajstić information content (AvgIpc) is 2.12. The van der Waals surface area contributed by atoms with Gasteiger partial charge in [-0.25, -0.2) is 0 Å². The highest BCUT2D eigenvalue weighted by Gasteiger charge is 2.28. The minimum Gasteiger partial charge on any atom is -0.345 e. The second kappa shape index (κ2) is 5.14. The lowest BCUT2D eigenvalue weighted by atomic mass is 9.94. The van der Waals surface area contributed by atoms with Crippen LogP contribution in [0.5, 0.6) is 0 Å². The van der Waals surface area contributed by atoms with Crippen molar-refractivity contribution in [1.82, 2.24) is 4.90 Å². The van der Waals surface area contributed by atoms with Gasteiger partial charge in [-0.3, -0.25) is 4.79 Å². The Hall–Kier alpha value is -0.570. The first kappa shape index (κ1) is 11.4. The molecule has 2 unspecified atom stereocenters. The minimum absolute atomic E-state index is 0.0127. The predicted molar refractivity (Wildman–Crippen MR) is 50.7 cm³/mol. The van der Waals surface area contributed by atoms with Gasteiger partial charge in [0.1, 0.15) is 0 Å². The molecule has 1 fully saturated rings. The molecule has 1 rings (SSSR count). The monoisotopic (exact) mass is 172 g/mol. The van der Waals surface area contributed by atoms with Gasteiger partial charge in [-0.05, 0) is 6.42 Å². The van der Waals surface area contributed by atoms with E-state index in [1.807, 2.05) is 27.8 Å². The van der Waals surface area contributed by atoms with E-state index in [1.54, 1.807) is 4.90 Å². The Labute approximate surface area is 74.9 Å². The smallest absolute Gasteiger partial charge is 0.226 e. The molecule has 12 heavy (non-hydrogen) atoms. The number of likely N-dealkylation sites (tertiary alicyclic amines) is 1. The van der Waals surface area contributed by atoms with Crippen LogP contribution in [0.15, 0.2) is 0 Å². The largest absolute Gasteiger partial charge is 0.345 e. The molecule has 1 saturated heterocycles. The van der Waals surface area contributed by atoms with Gasteiger partial charge in [-0.2, -0.15) is 0 Å². The van der Waals surface area contributed by atoms with Crippen molar-refractivity contribution < 1.29 is 4.79 Å². The van der Waals surface area contributed by atoms with E-state index >= 15 is 0 Å². The average molecular weight is 172 g/mol. The van der Waals surface area contributed by atoms with Crippen molar-refractivity contribution in [2.75, 3.05) is 13.6 Å². The molecule has 3 nitrogen and oxygen atoms in total. The first-order chi connectivity index (χ1) is 5.63. The molecule has 0 aromatic carbocycles. The molecule has 72 valence electrons. The van der Waals surface area contributed by atoms with Crippen LogP contribution in [-0.2, 0) is 4.79 Å². The summed E-state index contributed by atoms with van der Waals surface area (Å²) in [6, 6.07) is 0.0729. The zero-order chi connectivity index (χ0) is 9.72. The van der Waals surface area contributed by atoms with E-state index in [0.29, 0.717) is 0 Å². The minimum atomic E-state index is 0.0127. The lowest BCUT2D eigenvalue weighted by Gasteiger charge is -2.31. The van der Waals surface area contributed by atoms with E-state index in [4.69, 9.17) is 5.73 Å². The summed E-state index contributed by atoms with van der Waals surface area (Å²) in [7, 11) is 1.82. The molecule has 2 N–H and O–H groups in total. The molecule has 0 spiro atoms. The van der Waals surface area contributed by atoms with Gasteiger partial charge in [-0.15, -0.1) is 0 Å². The maximum atomic E-state index is 11.2. The van der Waals surface area contributed by atoms with Crippen LogP contribution in [0.4, 0.5) is 0 Å². The van der Waals surface area contributed by atoms with Gasteiger partial charge in [0.2, 0.25) is 5.91 Å². The standard InChI is InChI=1S/C7H14N2O.C2H6/c1-5-6(8)3-4-9(2)7(5)10;1-2/h5-6H,3-4,8H2,1-2H3;1-2H3. The van der Waals surface area contributed by atoms with Crippen LogP contribution in [0.2, 0.25) is 0 Å². The third kappa shape index (κ3) is 2.48. The maximum absolute atomic E-state index is 11.2. The van der Waals surface area contributed by atoms with Gasteiger partial charge in [0.05, 0.1) is 5.92 Å². The molecule has 0 aliphatic carbocycles. The van der Waals surface area contributed by atoms with Crippen LogP contribution in [-0.4, -0.2) is 30.4 Å². The summed E-state index contributed by atoms with van der Waals surface area (Å²) < 4.78 is 0. The Morgan fingerprint density at radius 3 is 2.42 bits per heavy atom. The second-order valence-corrected chi connectivity index (χ2v) is 3.00. The zero-order valence-electron chi connectivity index (χ0n) is 8.50. The van der Waals surface area contributed by atoms with Crippen molar-refractivity contribution in [3.63, 3.8) is 0 Å². The number of rotatable bonds is 0. The van der Waals surface area contributed by atoms with Crippen LogP contribution >= 0.6 is 0 Å². The lowest BCUT2D eigenvalue weighted by molar-refractivity contribution is -0.136. The summed E-state index contributed by atoms with van der Waals surface area (Å²) >= 11 is 0. The summed E-state index contributed by atoms with van der Waals surface area (Å²) in [5.74, 6) is 0.192. The summed E-state index contributed by atoms with van der Waals surface area (Å²) in [6.07, 6.45) is 0.934. The van der Waals surface area contributed by atoms with Crippen LogP contribution in [0.3, 0.4) is 0 Å². The summed E-state index contributed by atoms with van der Waals surface area (Å²) in [5, 5.41) is 0. The van der Waals surface area contributed by atoms with E-state index in [1.165, 1.54) is 0 Å². The Balaban J connectivity index is 0.000000561. The van der Waals surface area contributed by atoms with Crippen molar-refractivity contribution in [1.29, 1.82) is 0 Å². The quantitative estimate of drug-likeness (QED) is 0.588. The highest BCUT2D eigenvalue weighted by molar-refractivity contribution is 5.79. The fourth-order valence-corrected chi connectivity index (χ4v) is 1.23. The molecule has 1 aliphatic heterocycles. The van der Waals surface area contributed by atoms with E-state index in [-0.39, 0.29) is 17.9 Å². The Bertz CT molecular complexity index is 147. The van der Waals surface area contributed by atoms with Crippen LogP contribution in [0, 0.1) is 5.92 Å². The van der Waals surface area contributed by atoms with Crippen molar-refractivity contribution in [3.8, 4) is 0 Å². The second-order valence-electron chi connectivity index (χ2n) is 3.00. The third-order valence-corrected chi connectivity index (χ3v) is 2.21. The molecule has 0 aromatic heterocycles. The molecule has 1 aliphatic rings. The number of carbonyl (C=O) groups is 1. The van der Waals surface area contributed by atoms with Gasteiger partial charge in [0.15, 0.2) is 0 Å². The molecule has 0 bridgehead atoms. The van der Waals surface area contributed by atoms with Gasteiger partial charge >= 0.3 is 0 Å². The molecular formula is C9H20N2O. The number of carbonyl (C=O) groups excluding carboxylic acids is 1. The molecule has 2 atom stereocenters. The van der Waals surface area contributed by atoms with Gasteiger partial charge in [0, 0.05) is 19.6 Å². The van der Waals surface area contributed by atoms with E-state index in [9.17, 15) is 4.79 Å². The van der Waals surface area contributed by atoms with Gasteiger partial charge in [-0.1, -0.05) is 20.8 Å². The molecule has 0 aromatic rings. The number of piperidine rings is 1. The Morgan fingerprint density at radius 2 is 2.00 bits per heavy atom. The van der Waals surface area contributed by atoms with Crippen molar-refractivity contribution >= 4 is 5.91 Å². The highest BCUT2D eigenvalue weighted by atomic mass is 16.2. The SMILES string of the molecule is CC.CC1C(=O)N(C)CCC1N. The summed E-state index contributed by atoms with van der Waals surface area (Å²) in [6.45, 7) is 6.70. The van der Waals surface area contributed by atoms with Crippen molar-refractivity contribution in [2.24, 2.45) is 11.7 Å². The molecule has 1 amide bonds. The highest BCUT2D eigenvalue weighted by Crippen LogP contribution is 2.14. The molecule has 0 radical (unpaired) electrons. The summed E-state index contributed by atoms with van der Waals surface area (Å²) in [4.78, 5) is 12.9. The van der Waals surface area contributed by atoms with Crippen LogP contribution in [0.25, 0.3) is 0 Å². The number of nitrogens with zero attached hydrogens (tertiary/aromatic N) is 1. The van der Waals surface area contributed by atoms with Crippen molar-refractivity contribution in [2.45, 2.75) is 33.2 Å². The molecular weight excluding hydrogens is 152 g/mol. The number of hydrogen-bond acceptors (Lipinski definition) is 2. The third-order valence-electron chi connectivity index (χ3n) is 2.21. The fraction of sp³-hybridized carbons (Fsp3) is 0.889. The number of hydrogen-bond donors (Lipinski definition) is 1. The fourth-order valence-electron chi connectivity index (χ4n) is 1.23. The van der Waals surface area contributed by atoms with Crippen molar-refractivity contribution in [3.05, 3.63) is 0 Å². The molecule has 3 heteroatoms. The topological polar surface area (TPSA) is 46.3 Å². The number of amides is 1. The zero-order valence-corrected chi connectivity index (χ0v) is 8.50. The van der Waals surface area contributed by atoms with Crippen LogP contribution < -0.4 is 5.73 Å². The van der Waals surface area contributed by atoms with E-state index in [2.05, 4.69) is 0 Å². The van der Waals surface area contributed by atoms with E-state index < -0.39 is 0 Å². The van der Waals surface area contributed by atoms with Crippen LogP contribution in [0.1, 0.15) is 27.2 Å².